The number of hydrogen-bond donors (Lipinski definition) is 0. The first-order valence-corrected chi connectivity index (χ1v) is 13.4. The number of nitrogens with zero attached hydrogens (tertiary/aromatic N) is 3. The van der Waals surface area contributed by atoms with Crippen LogP contribution in [-0.2, 0) is 23.9 Å². The van der Waals surface area contributed by atoms with Crippen molar-refractivity contribution in [3.63, 3.8) is 0 Å². The summed E-state index contributed by atoms with van der Waals surface area (Å²) in [5.41, 5.74) is 2.69. The van der Waals surface area contributed by atoms with E-state index in [9.17, 15) is 14.4 Å². The predicted octanol–water partition coefficient (Wildman–Crippen LogP) is 4.03. The number of methoxy groups -OCH3 is 2. The van der Waals surface area contributed by atoms with E-state index in [-0.39, 0.29) is 24.2 Å². The van der Waals surface area contributed by atoms with Crippen molar-refractivity contribution in [2.24, 2.45) is 10.9 Å². The average Bonchev–Trinajstić information content (AvgIpc) is 3.33. The number of thioether (sulfide) groups is 1. The van der Waals surface area contributed by atoms with Crippen LogP contribution >= 0.6 is 11.8 Å². The summed E-state index contributed by atoms with van der Waals surface area (Å²) >= 11 is 1.44. The van der Waals surface area contributed by atoms with E-state index < -0.39 is 12.0 Å². The number of likely N-dealkylation sites (tertiary alicyclic amines) is 1. The van der Waals surface area contributed by atoms with Gasteiger partial charge in [-0.3, -0.25) is 9.59 Å². The lowest BCUT2D eigenvalue weighted by molar-refractivity contribution is -0.151. The lowest BCUT2D eigenvalue weighted by Gasteiger charge is -2.37. The van der Waals surface area contributed by atoms with Crippen molar-refractivity contribution in [2.45, 2.75) is 45.6 Å². The maximum absolute atomic E-state index is 13.4. The Kier molecular flexibility index (Phi) is 8.58. The molecule has 10 heteroatoms. The monoisotopic (exact) mass is 527 g/mol. The molecule has 1 amide bonds. The van der Waals surface area contributed by atoms with Gasteiger partial charge in [-0.2, -0.15) is 0 Å². The van der Waals surface area contributed by atoms with E-state index in [2.05, 4.69) is 0 Å². The van der Waals surface area contributed by atoms with Crippen LogP contribution < -0.4 is 4.74 Å². The average molecular weight is 528 g/mol. The van der Waals surface area contributed by atoms with E-state index >= 15 is 0 Å². The molecule has 1 fully saturated rings. The number of carbonyl (C=O) groups is 3. The fourth-order valence-electron chi connectivity index (χ4n) is 4.96. The molecule has 3 aliphatic rings. The molecule has 0 N–H and O–H groups in total. The zero-order valence-electron chi connectivity index (χ0n) is 21.7. The zero-order chi connectivity index (χ0) is 26.5. The molecule has 4 rings (SSSR count). The van der Waals surface area contributed by atoms with E-state index in [1.807, 2.05) is 41.5 Å². The number of hydrogen-bond acceptors (Lipinski definition) is 9. The Morgan fingerprint density at radius 1 is 1.19 bits per heavy atom. The third-order valence-corrected chi connectivity index (χ3v) is 7.65. The van der Waals surface area contributed by atoms with Crippen molar-refractivity contribution >= 4 is 34.8 Å². The van der Waals surface area contributed by atoms with Crippen molar-refractivity contribution in [1.29, 1.82) is 0 Å². The molecule has 0 saturated carbocycles. The van der Waals surface area contributed by atoms with Gasteiger partial charge in [0.25, 0.3) is 0 Å². The quantitative estimate of drug-likeness (QED) is 0.468. The minimum Gasteiger partial charge on any atom is -0.497 e. The van der Waals surface area contributed by atoms with Crippen LogP contribution in [0.15, 0.2) is 51.6 Å². The van der Waals surface area contributed by atoms with Crippen molar-refractivity contribution in [1.82, 2.24) is 9.80 Å². The predicted molar refractivity (Wildman–Crippen MR) is 141 cm³/mol. The lowest BCUT2D eigenvalue weighted by atomic mass is 9.92. The molecule has 0 spiro atoms. The van der Waals surface area contributed by atoms with E-state index in [4.69, 9.17) is 19.2 Å². The number of ether oxygens (including phenoxy) is 3. The molecule has 1 aromatic carbocycles. The van der Waals surface area contributed by atoms with E-state index in [1.54, 1.807) is 18.9 Å². The zero-order valence-corrected chi connectivity index (χ0v) is 22.5. The van der Waals surface area contributed by atoms with Gasteiger partial charge in [0.1, 0.15) is 5.75 Å². The number of amidine groups is 1. The summed E-state index contributed by atoms with van der Waals surface area (Å²) in [6.07, 6.45) is 2.15. The van der Waals surface area contributed by atoms with Gasteiger partial charge in [0, 0.05) is 18.8 Å². The van der Waals surface area contributed by atoms with Crippen molar-refractivity contribution in [3.8, 4) is 5.75 Å². The number of piperidine rings is 1. The van der Waals surface area contributed by atoms with Gasteiger partial charge in [-0.25, -0.2) is 9.79 Å². The first-order valence-electron chi connectivity index (χ1n) is 12.5. The second-order valence-corrected chi connectivity index (χ2v) is 9.82. The second kappa shape index (κ2) is 11.9. The minimum absolute atomic E-state index is 0.0728. The van der Waals surface area contributed by atoms with Crippen LogP contribution in [-0.4, -0.2) is 66.7 Å². The topological polar surface area (TPSA) is 97.7 Å². The third kappa shape index (κ3) is 5.53. The molecule has 0 aromatic heterocycles. The molecule has 9 nitrogen and oxygen atoms in total. The normalized spacial score (nSPS) is 21.2. The van der Waals surface area contributed by atoms with Crippen molar-refractivity contribution in [2.75, 3.05) is 33.9 Å². The largest absolute Gasteiger partial charge is 0.497 e. The summed E-state index contributed by atoms with van der Waals surface area (Å²) in [6.45, 7) is 5.01. The molecule has 37 heavy (non-hydrogen) atoms. The summed E-state index contributed by atoms with van der Waals surface area (Å²) in [5.74, 6) is -0.420. The number of carbonyl (C=O) groups excluding carboxylic acids is 3. The van der Waals surface area contributed by atoms with Crippen LogP contribution in [0.25, 0.3) is 0 Å². The number of allylic oxidation sites excluding steroid dienone is 1. The number of esters is 2. The van der Waals surface area contributed by atoms with Crippen LogP contribution in [0.2, 0.25) is 0 Å². The number of amides is 1. The van der Waals surface area contributed by atoms with Gasteiger partial charge in [0.2, 0.25) is 5.91 Å². The van der Waals surface area contributed by atoms with Crippen LogP contribution in [0, 0.1) is 5.92 Å². The van der Waals surface area contributed by atoms with E-state index in [0.29, 0.717) is 48.3 Å². The van der Waals surface area contributed by atoms with Gasteiger partial charge >= 0.3 is 11.9 Å². The molecule has 3 aliphatic heterocycles. The highest BCUT2D eigenvalue weighted by molar-refractivity contribution is 8.16. The maximum Gasteiger partial charge on any atom is 0.338 e. The van der Waals surface area contributed by atoms with Crippen molar-refractivity contribution in [3.05, 3.63) is 52.2 Å². The Labute approximate surface area is 221 Å². The lowest BCUT2D eigenvalue weighted by Crippen LogP contribution is -2.44. The van der Waals surface area contributed by atoms with Crippen LogP contribution in [0.4, 0.5) is 0 Å². The van der Waals surface area contributed by atoms with E-state index in [1.165, 1.54) is 18.9 Å². The number of benzene rings is 1. The van der Waals surface area contributed by atoms with Crippen LogP contribution in [0.1, 0.15) is 51.1 Å². The summed E-state index contributed by atoms with van der Waals surface area (Å²) in [5, 5.41) is 2.63. The number of aliphatic imine (C=N–C) groups is 1. The second-order valence-electron chi connectivity index (χ2n) is 8.98. The molecule has 0 bridgehead atoms. The third-order valence-electron chi connectivity index (χ3n) is 6.77. The minimum atomic E-state index is -0.521. The Balaban J connectivity index is 1.64. The summed E-state index contributed by atoms with van der Waals surface area (Å²) in [7, 11) is 2.96. The van der Waals surface area contributed by atoms with Gasteiger partial charge in [-0.1, -0.05) is 30.8 Å². The van der Waals surface area contributed by atoms with Gasteiger partial charge < -0.3 is 24.0 Å². The SMILES string of the molecule is CCOC(=O)[C@H]1CCCN(C(=O)CC2=CSC3=NC(CC)=C(C(=O)OC)[C@@H](c4cccc(OC)c4)N23)C1. The highest BCUT2D eigenvalue weighted by atomic mass is 32.2. The molecule has 1 aromatic rings. The Hall–Kier alpha value is -3.27. The van der Waals surface area contributed by atoms with Crippen LogP contribution in [0.5, 0.6) is 5.75 Å². The van der Waals surface area contributed by atoms with Crippen LogP contribution in [0.3, 0.4) is 0 Å². The van der Waals surface area contributed by atoms with Gasteiger partial charge in [-0.05, 0) is 49.3 Å². The summed E-state index contributed by atoms with van der Waals surface area (Å²) in [4.78, 5) is 47.2. The Bertz CT molecular complexity index is 1160. The summed E-state index contributed by atoms with van der Waals surface area (Å²) < 4.78 is 15.8. The summed E-state index contributed by atoms with van der Waals surface area (Å²) in [6, 6.07) is 7.03. The molecule has 198 valence electrons. The fraction of sp³-hybridized carbons (Fsp3) is 0.481. The Morgan fingerprint density at radius 2 is 2.00 bits per heavy atom. The van der Waals surface area contributed by atoms with Gasteiger partial charge in [-0.15, -0.1) is 0 Å². The number of rotatable bonds is 8. The molecular formula is C27H33N3O6S. The molecular weight excluding hydrogens is 494 g/mol. The van der Waals surface area contributed by atoms with Gasteiger partial charge in [0.15, 0.2) is 5.17 Å². The van der Waals surface area contributed by atoms with Crippen molar-refractivity contribution < 1.29 is 28.6 Å². The fourth-order valence-corrected chi connectivity index (χ4v) is 5.90. The molecule has 2 atom stereocenters. The molecule has 1 saturated heterocycles. The highest BCUT2D eigenvalue weighted by Gasteiger charge is 2.42. The highest BCUT2D eigenvalue weighted by Crippen LogP contribution is 2.46. The molecule has 0 radical (unpaired) electrons. The first-order chi connectivity index (χ1) is 17.9. The molecule has 3 heterocycles. The van der Waals surface area contributed by atoms with Gasteiger partial charge in [0.05, 0.1) is 50.5 Å². The van der Waals surface area contributed by atoms with E-state index in [0.717, 1.165) is 24.1 Å². The smallest absolute Gasteiger partial charge is 0.338 e. The molecule has 0 unspecified atom stereocenters. The standard InChI is InChI=1S/C27H33N3O6S/c1-5-21-23(26(33)35-4)24(17-9-7-11-20(13-17)34-3)30-19(16-37-27(30)28-21)14-22(31)29-12-8-10-18(15-29)25(32)36-6-2/h7,9,11,13,16,18,24H,5-6,8,10,12,14-15H2,1-4H3/t18-,24+/m0/s1. The molecule has 0 aliphatic carbocycles. The number of fused-ring (bicyclic) bond motifs is 1. The maximum atomic E-state index is 13.4. The first kappa shape index (κ1) is 26.8. The Morgan fingerprint density at radius 3 is 2.70 bits per heavy atom.